The van der Waals surface area contributed by atoms with E-state index in [1.807, 2.05) is 13.8 Å². The van der Waals surface area contributed by atoms with Crippen molar-refractivity contribution in [3.63, 3.8) is 0 Å². The summed E-state index contributed by atoms with van der Waals surface area (Å²) < 4.78 is 10.3. The summed E-state index contributed by atoms with van der Waals surface area (Å²) in [6, 6.07) is 0.410. The third-order valence-corrected chi connectivity index (χ3v) is 1.75. The molecule has 4 nitrogen and oxygen atoms in total. The fourth-order valence-corrected chi connectivity index (χ4v) is 1.16. The summed E-state index contributed by atoms with van der Waals surface area (Å²) in [4.78, 5) is 0. The number of ether oxygens (including phenoxy) is 2. The maximum atomic E-state index is 9.01. The highest BCUT2D eigenvalue weighted by molar-refractivity contribution is 4.66. The Labute approximate surface area is 86.6 Å². The second-order valence-corrected chi connectivity index (χ2v) is 3.62. The fourth-order valence-electron chi connectivity index (χ4n) is 1.16. The summed E-state index contributed by atoms with van der Waals surface area (Å²) in [5.74, 6) is 0. The first-order valence-electron chi connectivity index (χ1n) is 5.14. The van der Waals surface area contributed by atoms with Gasteiger partial charge in [-0.15, -0.1) is 0 Å². The Hall–Kier alpha value is -0.160. The van der Waals surface area contributed by atoms with Crippen molar-refractivity contribution < 1.29 is 14.6 Å². The summed E-state index contributed by atoms with van der Waals surface area (Å²) in [6.45, 7) is 6.17. The second-order valence-electron chi connectivity index (χ2n) is 3.62. The minimum atomic E-state index is 0.0394. The molecule has 0 aliphatic rings. The first-order chi connectivity index (χ1) is 6.70. The number of nitrogens with one attached hydrogen (secondary N) is 1. The van der Waals surface area contributed by atoms with Gasteiger partial charge in [0.1, 0.15) is 0 Å². The molecule has 1 atom stereocenters. The lowest BCUT2D eigenvalue weighted by molar-refractivity contribution is 0.0702. The zero-order chi connectivity index (χ0) is 10.8. The molecule has 0 saturated carbocycles. The lowest BCUT2D eigenvalue weighted by Gasteiger charge is -2.18. The fraction of sp³-hybridized carbons (Fsp3) is 1.00. The molecule has 0 amide bonds. The van der Waals surface area contributed by atoms with Crippen molar-refractivity contribution in [1.29, 1.82) is 0 Å². The first kappa shape index (κ1) is 13.8. The number of rotatable bonds is 9. The lowest BCUT2D eigenvalue weighted by Crippen LogP contribution is -2.40. The topological polar surface area (TPSA) is 50.7 Å². The molecule has 0 fully saturated rings. The highest BCUT2D eigenvalue weighted by Gasteiger charge is 2.07. The third-order valence-electron chi connectivity index (χ3n) is 1.75. The molecule has 1 unspecified atom stereocenters. The van der Waals surface area contributed by atoms with Gasteiger partial charge in [0.25, 0.3) is 0 Å². The normalized spacial score (nSPS) is 13.5. The molecule has 0 aromatic heterocycles. The highest BCUT2D eigenvalue weighted by Crippen LogP contribution is 1.90. The molecule has 0 heterocycles. The molecule has 0 aliphatic carbocycles. The van der Waals surface area contributed by atoms with Crippen molar-refractivity contribution in [3.8, 4) is 0 Å². The number of methoxy groups -OCH3 is 1. The van der Waals surface area contributed by atoms with Gasteiger partial charge < -0.3 is 19.9 Å². The van der Waals surface area contributed by atoms with E-state index in [9.17, 15) is 0 Å². The second kappa shape index (κ2) is 9.40. The lowest BCUT2D eigenvalue weighted by atomic mass is 10.3. The molecule has 2 N–H and O–H groups in total. The number of aliphatic hydroxyl groups is 1. The van der Waals surface area contributed by atoms with Crippen molar-refractivity contribution in [1.82, 2.24) is 5.32 Å². The molecule has 0 rings (SSSR count). The van der Waals surface area contributed by atoms with Gasteiger partial charge in [-0.3, -0.25) is 0 Å². The van der Waals surface area contributed by atoms with Crippen LogP contribution in [-0.2, 0) is 9.47 Å². The van der Waals surface area contributed by atoms with Crippen LogP contribution in [0.2, 0.25) is 0 Å². The summed E-state index contributed by atoms with van der Waals surface area (Å²) in [6.07, 6.45) is 0.899. The average Bonchev–Trinajstić information content (AvgIpc) is 2.15. The third kappa shape index (κ3) is 8.44. The van der Waals surface area contributed by atoms with Crippen LogP contribution >= 0.6 is 0 Å². The van der Waals surface area contributed by atoms with Crippen molar-refractivity contribution in [2.45, 2.75) is 32.4 Å². The van der Waals surface area contributed by atoms with Crippen LogP contribution in [0.4, 0.5) is 0 Å². The molecule has 14 heavy (non-hydrogen) atoms. The monoisotopic (exact) mass is 205 g/mol. The maximum absolute atomic E-state index is 9.01. The van der Waals surface area contributed by atoms with E-state index in [-0.39, 0.29) is 12.6 Å². The van der Waals surface area contributed by atoms with Crippen molar-refractivity contribution in [2.24, 2.45) is 0 Å². The summed E-state index contributed by atoms with van der Waals surface area (Å²) in [7, 11) is 1.68. The average molecular weight is 205 g/mol. The molecule has 0 aromatic carbocycles. The Morgan fingerprint density at radius 2 is 2.00 bits per heavy atom. The largest absolute Gasteiger partial charge is 0.395 e. The van der Waals surface area contributed by atoms with Gasteiger partial charge in [-0.2, -0.15) is 0 Å². The molecule has 4 heteroatoms. The van der Waals surface area contributed by atoms with Crippen LogP contribution in [0.15, 0.2) is 0 Å². The predicted octanol–water partition coefficient (Wildman–Crippen LogP) is 0.398. The van der Waals surface area contributed by atoms with E-state index >= 15 is 0 Å². The highest BCUT2D eigenvalue weighted by atomic mass is 16.5. The zero-order valence-electron chi connectivity index (χ0n) is 9.45. The Balaban J connectivity index is 3.33. The summed E-state index contributed by atoms with van der Waals surface area (Å²) >= 11 is 0. The molecule has 0 saturated heterocycles. The summed E-state index contributed by atoms with van der Waals surface area (Å²) in [5.41, 5.74) is 0. The number of aliphatic hydroxyl groups excluding tert-OH is 1. The van der Waals surface area contributed by atoms with Gasteiger partial charge in [0, 0.05) is 26.4 Å². The van der Waals surface area contributed by atoms with Crippen LogP contribution in [0.1, 0.15) is 20.3 Å². The van der Waals surface area contributed by atoms with E-state index in [2.05, 4.69) is 5.32 Å². The van der Waals surface area contributed by atoms with Crippen LogP contribution in [-0.4, -0.2) is 50.7 Å². The van der Waals surface area contributed by atoms with Gasteiger partial charge in [0.15, 0.2) is 0 Å². The SMILES string of the molecule is COCCCOCC(CO)NC(C)C. The molecule has 86 valence electrons. The van der Waals surface area contributed by atoms with E-state index in [1.54, 1.807) is 7.11 Å². The molecule has 0 aromatic rings. The Kier molecular flexibility index (Phi) is 9.29. The van der Waals surface area contributed by atoms with Crippen molar-refractivity contribution in [3.05, 3.63) is 0 Å². The molecule has 0 spiro atoms. The van der Waals surface area contributed by atoms with E-state index in [0.29, 0.717) is 19.3 Å². The van der Waals surface area contributed by atoms with E-state index < -0.39 is 0 Å². The smallest absolute Gasteiger partial charge is 0.0642 e. The van der Waals surface area contributed by atoms with Crippen molar-refractivity contribution >= 4 is 0 Å². The van der Waals surface area contributed by atoms with Crippen LogP contribution in [0.5, 0.6) is 0 Å². The van der Waals surface area contributed by atoms with Crippen molar-refractivity contribution in [2.75, 3.05) is 33.5 Å². The summed E-state index contributed by atoms with van der Waals surface area (Å²) in [5, 5.41) is 12.2. The van der Waals surface area contributed by atoms with Crippen LogP contribution < -0.4 is 5.32 Å². The Bertz CT molecular complexity index is 120. The zero-order valence-corrected chi connectivity index (χ0v) is 9.45. The molecule has 0 radical (unpaired) electrons. The first-order valence-corrected chi connectivity index (χ1v) is 5.14. The molecular formula is C10H23NO3. The van der Waals surface area contributed by atoms with E-state index in [1.165, 1.54) is 0 Å². The Morgan fingerprint density at radius 3 is 2.50 bits per heavy atom. The van der Waals surface area contributed by atoms with Gasteiger partial charge in [0.2, 0.25) is 0 Å². The van der Waals surface area contributed by atoms with Gasteiger partial charge in [-0.1, -0.05) is 13.8 Å². The molecular weight excluding hydrogens is 182 g/mol. The van der Waals surface area contributed by atoms with Gasteiger partial charge in [-0.25, -0.2) is 0 Å². The minimum Gasteiger partial charge on any atom is -0.395 e. The van der Waals surface area contributed by atoms with Gasteiger partial charge >= 0.3 is 0 Å². The quantitative estimate of drug-likeness (QED) is 0.535. The molecule has 0 bridgehead atoms. The standard InChI is InChI=1S/C10H23NO3/c1-9(2)11-10(7-12)8-14-6-4-5-13-3/h9-12H,4-8H2,1-3H3. The van der Waals surface area contributed by atoms with E-state index in [0.717, 1.165) is 13.0 Å². The van der Waals surface area contributed by atoms with Gasteiger partial charge in [0.05, 0.1) is 19.3 Å². The van der Waals surface area contributed by atoms with Crippen LogP contribution in [0.25, 0.3) is 0 Å². The minimum absolute atomic E-state index is 0.0394. The van der Waals surface area contributed by atoms with Crippen LogP contribution in [0, 0.1) is 0 Å². The number of hydrogen-bond donors (Lipinski definition) is 2. The number of hydrogen-bond acceptors (Lipinski definition) is 4. The predicted molar refractivity (Wildman–Crippen MR) is 56.5 cm³/mol. The van der Waals surface area contributed by atoms with Crippen LogP contribution in [0.3, 0.4) is 0 Å². The maximum Gasteiger partial charge on any atom is 0.0642 e. The van der Waals surface area contributed by atoms with E-state index in [4.69, 9.17) is 14.6 Å². The van der Waals surface area contributed by atoms with Gasteiger partial charge in [-0.05, 0) is 6.42 Å². The molecule has 0 aliphatic heterocycles. The Morgan fingerprint density at radius 1 is 1.29 bits per heavy atom.